The first-order valence-electron chi connectivity index (χ1n) is 25.2. The maximum atomic E-state index is 2.20. The molecule has 72 heavy (non-hydrogen) atoms. The van der Waals surface area contributed by atoms with Crippen molar-refractivity contribution in [1.29, 1.82) is 0 Å². The summed E-state index contributed by atoms with van der Waals surface area (Å²) in [7, 11) is 0. The van der Waals surface area contributed by atoms with E-state index in [0.29, 0.717) is 0 Å². The van der Waals surface area contributed by atoms with Crippen LogP contribution in [0.4, 0.5) is 0 Å². The molecule has 0 aromatic rings. The second kappa shape index (κ2) is 30.8. The van der Waals surface area contributed by atoms with Gasteiger partial charge in [0.05, 0.1) is 0 Å². The molecular weight excluding hydrogens is 865 g/mol. The average Bonchev–Trinajstić information content (AvgIpc) is 4.27. The molecule has 0 amide bonds. The number of allylic oxidation sites excluding steroid dienone is 66. The van der Waals surface area contributed by atoms with Crippen molar-refractivity contribution < 1.29 is 0 Å². The Kier molecular flexibility index (Phi) is 21.9. The van der Waals surface area contributed by atoms with E-state index in [4.69, 9.17) is 0 Å². The molecular formula is C72H66. The van der Waals surface area contributed by atoms with Crippen LogP contribution in [0.15, 0.2) is 395 Å². The molecule has 0 aromatic heterocycles. The zero-order chi connectivity index (χ0) is 49.4. The van der Waals surface area contributed by atoms with E-state index >= 15 is 0 Å². The smallest absolute Gasteiger partial charge is 0.00258 e. The third-order valence-corrected chi connectivity index (χ3v) is 11.9. The third-order valence-electron chi connectivity index (χ3n) is 11.9. The van der Waals surface area contributed by atoms with Crippen molar-refractivity contribution in [2.75, 3.05) is 0 Å². The molecule has 0 radical (unpaired) electrons. The van der Waals surface area contributed by atoms with Gasteiger partial charge in [0, 0.05) is 0 Å². The minimum atomic E-state index is 0.948. The maximum absolute atomic E-state index is 2.20. The van der Waals surface area contributed by atoms with Gasteiger partial charge in [-0.2, -0.15) is 0 Å². The largest absolute Gasteiger partial charge is 0.0623 e. The Morgan fingerprint density at radius 1 is 0.111 bits per heavy atom. The monoisotopic (exact) mass is 931 g/mol. The zero-order valence-corrected chi connectivity index (χ0v) is 41.4. The summed E-state index contributed by atoms with van der Waals surface area (Å²) in [5.74, 6) is 0. The first-order valence-corrected chi connectivity index (χ1v) is 25.2. The normalized spacial score (nSPS) is 20.0. The van der Waals surface area contributed by atoms with Crippen molar-refractivity contribution in [3.8, 4) is 0 Å². The highest BCUT2D eigenvalue weighted by Crippen LogP contribution is 2.26. The van der Waals surface area contributed by atoms with Gasteiger partial charge in [-0.15, -0.1) is 0 Å². The van der Waals surface area contributed by atoms with Gasteiger partial charge in [0.2, 0.25) is 0 Å². The first kappa shape index (κ1) is 51.3. The summed E-state index contributed by atoms with van der Waals surface area (Å²) >= 11 is 0. The molecule has 0 saturated carbocycles. The van der Waals surface area contributed by atoms with E-state index in [1.165, 1.54) is 66.9 Å². The second-order valence-corrected chi connectivity index (χ2v) is 17.7. The Morgan fingerprint density at radius 3 is 0.403 bits per heavy atom. The molecule has 0 aliphatic heterocycles. The molecule has 0 heterocycles. The van der Waals surface area contributed by atoms with E-state index in [1.54, 1.807) is 0 Å². The Balaban J connectivity index is 0.877. The van der Waals surface area contributed by atoms with Crippen molar-refractivity contribution in [2.45, 2.75) is 38.5 Å². The Labute approximate surface area is 431 Å². The van der Waals surface area contributed by atoms with Gasteiger partial charge in [0.1, 0.15) is 0 Å². The van der Waals surface area contributed by atoms with Crippen LogP contribution >= 0.6 is 0 Å². The van der Waals surface area contributed by atoms with Crippen molar-refractivity contribution in [3.63, 3.8) is 0 Å². The molecule has 0 spiro atoms. The number of hydrogen-bond acceptors (Lipinski definition) is 0. The van der Waals surface area contributed by atoms with Crippen molar-refractivity contribution in [3.05, 3.63) is 395 Å². The molecule has 0 nitrogen and oxygen atoms in total. The van der Waals surface area contributed by atoms with Crippen LogP contribution in [0.25, 0.3) is 0 Å². The summed E-state index contributed by atoms with van der Waals surface area (Å²) in [6.45, 7) is 0. The SMILES string of the molecule is C1=CC=CC2=CC=C(C=CC=CC=CC=C3C=CC(=CC=CC=CC=CC4=CC=C(C=CC=CC=CC=C5C=CC(=CC=CC=CC=CC6=CC=C(C=CC=CC=CC=C7C=CC(=CC=C1)C7)C6)C5)C4)C3)C2. The molecule has 7 rings (SSSR count). The van der Waals surface area contributed by atoms with E-state index in [-0.39, 0.29) is 0 Å². The van der Waals surface area contributed by atoms with Crippen LogP contribution in [0.1, 0.15) is 38.5 Å². The number of rotatable bonds is 0. The van der Waals surface area contributed by atoms with Crippen molar-refractivity contribution in [2.24, 2.45) is 0 Å². The average molecular weight is 931 g/mol. The molecule has 0 saturated heterocycles. The highest BCUT2D eigenvalue weighted by atomic mass is 14.1. The summed E-state index contributed by atoms with van der Waals surface area (Å²) in [5.41, 5.74) is 15.8. The zero-order valence-electron chi connectivity index (χ0n) is 41.4. The first-order chi connectivity index (χ1) is 35.7. The lowest BCUT2D eigenvalue weighted by Gasteiger charge is -1.94. The van der Waals surface area contributed by atoms with E-state index in [9.17, 15) is 0 Å². The fraction of sp³-hybridized carbons (Fsp3) is 0.0833. The lowest BCUT2D eigenvalue weighted by molar-refractivity contribution is 1.25. The second-order valence-electron chi connectivity index (χ2n) is 17.7. The van der Waals surface area contributed by atoms with Gasteiger partial charge in [-0.3, -0.25) is 0 Å². The van der Waals surface area contributed by atoms with Crippen LogP contribution < -0.4 is 0 Å². The highest BCUT2D eigenvalue weighted by molar-refractivity contribution is 5.49. The summed E-state index contributed by atoms with van der Waals surface area (Å²) in [6, 6.07) is 0. The minimum absolute atomic E-state index is 0.948. The lowest BCUT2D eigenvalue weighted by atomic mass is 10.1. The fourth-order valence-electron chi connectivity index (χ4n) is 8.08. The standard InChI is InChI=1S/C72H66/c1-7-19-31-61-43-45-63(55-61)33-21-9-2-11-23-35-65-47-49-67(57-65)37-25-13-4-15-27-39-69-51-53-71(59-69)41-29-17-6-18-30-42-72-54-52-70(60-72)40-28-16-5-14-26-38-68-50-48-66(58-68)36-24-12-3-10-22-34-64-46-44-62(56-64)32-20-8-1/h1-54H,55-60H2. The van der Waals surface area contributed by atoms with Crippen LogP contribution in [-0.4, -0.2) is 0 Å². The van der Waals surface area contributed by atoms with E-state index in [0.717, 1.165) is 38.5 Å². The molecule has 12 bridgehead atoms. The molecule has 7 aliphatic carbocycles. The summed E-state index contributed by atoms with van der Waals surface area (Å²) in [4.78, 5) is 0. The summed E-state index contributed by atoms with van der Waals surface area (Å²) in [6.07, 6.45) is 121. The number of hydrogen-bond donors (Lipinski definition) is 0. The summed E-state index contributed by atoms with van der Waals surface area (Å²) in [5, 5.41) is 0. The molecule has 0 heteroatoms. The van der Waals surface area contributed by atoms with Gasteiger partial charge < -0.3 is 0 Å². The Hall–Kier alpha value is -8.58. The molecule has 354 valence electrons. The Morgan fingerprint density at radius 2 is 0.236 bits per heavy atom. The van der Waals surface area contributed by atoms with Crippen LogP contribution in [0.2, 0.25) is 0 Å². The minimum Gasteiger partial charge on any atom is -0.0623 e. The topological polar surface area (TPSA) is 0 Å². The van der Waals surface area contributed by atoms with E-state index in [1.807, 2.05) is 0 Å². The van der Waals surface area contributed by atoms with Gasteiger partial charge in [0.15, 0.2) is 0 Å². The van der Waals surface area contributed by atoms with Crippen LogP contribution in [0, 0.1) is 0 Å². The molecule has 0 unspecified atom stereocenters. The summed E-state index contributed by atoms with van der Waals surface area (Å²) < 4.78 is 0. The van der Waals surface area contributed by atoms with Crippen LogP contribution in [0.5, 0.6) is 0 Å². The fourth-order valence-corrected chi connectivity index (χ4v) is 8.08. The molecule has 0 fully saturated rings. The quantitative estimate of drug-likeness (QED) is 0.227. The highest BCUT2D eigenvalue weighted by Gasteiger charge is 2.06. The maximum Gasteiger partial charge on any atom is -0.00258 e. The lowest BCUT2D eigenvalue weighted by Crippen LogP contribution is -1.75. The molecule has 7 aliphatic rings. The van der Waals surface area contributed by atoms with Gasteiger partial charge in [-0.05, 0) is 105 Å². The van der Waals surface area contributed by atoms with E-state index in [2.05, 4.69) is 328 Å². The third kappa shape index (κ3) is 20.2. The number of fused-ring (bicyclic) bond motifs is 12. The molecule has 0 atom stereocenters. The van der Waals surface area contributed by atoms with E-state index < -0.39 is 0 Å². The predicted molar refractivity (Wildman–Crippen MR) is 317 cm³/mol. The van der Waals surface area contributed by atoms with Gasteiger partial charge in [-0.1, -0.05) is 328 Å². The van der Waals surface area contributed by atoms with Gasteiger partial charge in [0.25, 0.3) is 0 Å². The van der Waals surface area contributed by atoms with Crippen molar-refractivity contribution >= 4 is 0 Å². The Bertz CT molecular complexity index is 2500. The molecule has 0 aromatic carbocycles. The van der Waals surface area contributed by atoms with Crippen LogP contribution in [0.3, 0.4) is 0 Å². The van der Waals surface area contributed by atoms with Gasteiger partial charge in [-0.25, -0.2) is 0 Å². The predicted octanol–water partition coefficient (Wildman–Crippen LogP) is 19.2. The van der Waals surface area contributed by atoms with Crippen LogP contribution in [-0.2, 0) is 0 Å². The van der Waals surface area contributed by atoms with Gasteiger partial charge >= 0.3 is 0 Å². The molecule has 0 N–H and O–H groups in total. The van der Waals surface area contributed by atoms with Crippen molar-refractivity contribution in [1.82, 2.24) is 0 Å².